The van der Waals surface area contributed by atoms with Crippen molar-refractivity contribution in [2.75, 3.05) is 6.54 Å². The highest BCUT2D eigenvalue weighted by molar-refractivity contribution is 5.82. The standard InChI is InChI=1S/C14H20N2O/c1-11(12-7-3-2-4-8-12)16-10-6-5-9-13(15)14(16)17/h2-4,7-8,11,13H,5-6,9-10,15H2,1H3/t11?,13-/m1/s1. The molecule has 92 valence electrons. The topological polar surface area (TPSA) is 46.3 Å². The van der Waals surface area contributed by atoms with Crippen LogP contribution in [-0.4, -0.2) is 23.4 Å². The third-order valence-corrected chi connectivity index (χ3v) is 3.51. The molecule has 1 fully saturated rings. The molecular weight excluding hydrogens is 212 g/mol. The van der Waals surface area contributed by atoms with Gasteiger partial charge < -0.3 is 10.6 Å². The van der Waals surface area contributed by atoms with E-state index in [4.69, 9.17) is 5.73 Å². The van der Waals surface area contributed by atoms with Crippen molar-refractivity contribution in [2.45, 2.75) is 38.3 Å². The van der Waals surface area contributed by atoms with Crippen LogP contribution in [0, 0.1) is 0 Å². The van der Waals surface area contributed by atoms with Crippen LogP contribution < -0.4 is 5.73 Å². The van der Waals surface area contributed by atoms with Gasteiger partial charge >= 0.3 is 0 Å². The second-order valence-electron chi connectivity index (χ2n) is 4.72. The maximum atomic E-state index is 12.2. The number of likely N-dealkylation sites (tertiary alicyclic amines) is 1. The van der Waals surface area contributed by atoms with Crippen LogP contribution in [0.2, 0.25) is 0 Å². The lowest BCUT2D eigenvalue weighted by molar-refractivity contribution is -0.134. The summed E-state index contributed by atoms with van der Waals surface area (Å²) >= 11 is 0. The Balaban J connectivity index is 2.17. The second kappa shape index (κ2) is 5.32. The average Bonchev–Trinajstić information content (AvgIpc) is 2.53. The molecule has 3 nitrogen and oxygen atoms in total. The van der Waals surface area contributed by atoms with Crippen LogP contribution in [0.15, 0.2) is 30.3 Å². The molecule has 0 saturated carbocycles. The molecule has 17 heavy (non-hydrogen) atoms. The zero-order valence-electron chi connectivity index (χ0n) is 10.3. The van der Waals surface area contributed by atoms with Crippen molar-refractivity contribution in [3.05, 3.63) is 35.9 Å². The zero-order valence-corrected chi connectivity index (χ0v) is 10.3. The SMILES string of the molecule is CC(c1ccccc1)N1CCCC[C@@H](N)C1=O. The van der Waals surface area contributed by atoms with Crippen molar-refractivity contribution in [3.63, 3.8) is 0 Å². The summed E-state index contributed by atoms with van der Waals surface area (Å²) in [6.07, 6.45) is 2.92. The van der Waals surface area contributed by atoms with Crippen molar-refractivity contribution in [3.8, 4) is 0 Å². The maximum absolute atomic E-state index is 12.2. The van der Waals surface area contributed by atoms with Gasteiger partial charge in [0.05, 0.1) is 12.1 Å². The van der Waals surface area contributed by atoms with Gasteiger partial charge in [0.25, 0.3) is 0 Å². The predicted molar refractivity (Wildman–Crippen MR) is 68.4 cm³/mol. The zero-order chi connectivity index (χ0) is 12.3. The Labute approximate surface area is 103 Å². The van der Waals surface area contributed by atoms with Crippen LogP contribution in [0.1, 0.15) is 37.8 Å². The molecular formula is C14H20N2O. The Morgan fingerprint density at radius 1 is 1.29 bits per heavy atom. The van der Waals surface area contributed by atoms with Crippen molar-refractivity contribution in [2.24, 2.45) is 5.73 Å². The predicted octanol–water partition coefficient (Wildman–Crippen LogP) is 2.09. The van der Waals surface area contributed by atoms with Gasteiger partial charge in [0.2, 0.25) is 5.91 Å². The number of hydrogen-bond acceptors (Lipinski definition) is 2. The first kappa shape index (κ1) is 12.1. The van der Waals surface area contributed by atoms with E-state index in [2.05, 4.69) is 19.1 Å². The molecule has 1 saturated heterocycles. The number of hydrogen-bond donors (Lipinski definition) is 1. The lowest BCUT2D eigenvalue weighted by atomic mass is 10.1. The molecule has 1 aliphatic rings. The number of benzene rings is 1. The van der Waals surface area contributed by atoms with Crippen molar-refractivity contribution < 1.29 is 4.79 Å². The number of nitrogens with two attached hydrogens (primary N) is 1. The van der Waals surface area contributed by atoms with E-state index >= 15 is 0 Å². The van der Waals surface area contributed by atoms with E-state index in [0.717, 1.165) is 25.8 Å². The fraction of sp³-hybridized carbons (Fsp3) is 0.500. The van der Waals surface area contributed by atoms with Crippen LogP contribution in [0.25, 0.3) is 0 Å². The molecule has 2 atom stereocenters. The highest BCUT2D eigenvalue weighted by Crippen LogP contribution is 2.23. The molecule has 0 aliphatic carbocycles. The number of rotatable bonds is 2. The summed E-state index contributed by atoms with van der Waals surface area (Å²) in [7, 11) is 0. The summed E-state index contributed by atoms with van der Waals surface area (Å²) in [5, 5.41) is 0. The molecule has 3 heteroatoms. The summed E-state index contributed by atoms with van der Waals surface area (Å²) in [4.78, 5) is 14.1. The quantitative estimate of drug-likeness (QED) is 0.848. The van der Waals surface area contributed by atoms with Crippen LogP contribution in [-0.2, 0) is 4.79 Å². The largest absolute Gasteiger partial charge is 0.335 e. The third kappa shape index (κ3) is 2.67. The van der Waals surface area contributed by atoms with Crippen LogP contribution in [0.5, 0.6) is 0 Å². The molecule has 1 amide bonds. The fourth-order valence-electron chi connectivity index (χ4n) is 2.39. The molecule has 2 N–H and O–H groups in total. The summed E-state index contributed by atoms with van der Waals surface area (Å²) in [5.41, 5.74) is 7.07. The Hall–Kier alpha value is -1.35. The maximum Gasteiger partial charge on any atom is 0.239 e. The normalized spacial score (nSPS) is 23.3. The van der Waals surface area contributed by atoms with Crippen molar-refractivity contribution in [1.82, 2.24) is 4.90 Å². The third-order valence-electron chi connectivity index (χ3n) is 3.51. The van der Waals surface area contributed by atoms with Crippen LogP contribution in [0.3, 0.4) is 0 Å². The van der Waals surface area contributed by atoms with Crippen LogP contribution in [0.4, 0.5) is 0 Å². The monoisotopic (exact) mass is 232 g/mol. The van der Waals surface area contributed by atoms with Crippen LogP contribution >= 0.6 is 0 Å². The fourth-order valence-corrected chi connectivity index (χ4v) is 2.39. The Morgan fingerprint density at radius 2 is 2.00 bits per heavy atom. The van der Waals surface area contributed by atoms with Gasteiger partial charge in [-0.1, -0.05) is 30.3 Å². The van der Waals surface area contributed by atoms with Gasteiger partial charge in [0.15, 0.2) is 0 Å². The van der Waals surface area contributed by atoms with Gasteiger partial charge in [-0.15, -0.1) is 0 Å². The smallest absolute Gasteiger partial charge is 0.239 e. The van der Waals surface area contributed by atoms with E-state index in [1.54, 1.807) is 0 Å². The first-order valence-electron chi connectivity index (χ1n) is 6.31. The number of nitrogens with zero attached hydrogens (tertiary/aromatic N) is 1. The molecule has 1 aromatic carbocycles. The molecule has 1 aromatic rings. The Kier molecular flexibility index (Phi) is 3.79. The molecule has 1 heterocycles. The summed E-state index contributed by atoms with van der Waals surface area (Å²) in [6, 6.07) is 9.94. The summed E-state index contributed by atoms with van der Waals surface area (Å²) in [5.74, 6) is 0.0962. The van der Waals surface area contributed by atoms with Gasteiger partial charge in [0, 0.05) is 6.54 Å². The molecule has 1 aliphatic heterocycles. The molecule has 2 rings (SSSR count). The van der Waals surface area contributed by atoms with E-state index in [0.29, 0.717) is 0 Å². The van der Waals surface area contributed by atoms with Gasteiger partial charge in [0.1, 0.15) is 0 Å². The van der Waals surface area contributed by atoms with Gasteiger partial charge in [-0.3, -0.25) is 4.79 Å². The van der Waals surface area contributed by atoms with Gasteiger partial charge in [-0.2, -0.15) is 0 Å². The minimum absolute atomic E-state index is 0.0962. The molecule has 0 radical (unpaired) electrons. The lowest BCUT2D eigenvalue weighted by Gasteiger charge is -2.29. The molecule has 0 spiro atoms. The minimum Gasteiger partial charge on any atom is -0.335 e. The molecule has 0 bridgehead atoms. The molecule has 1 unspecified atom stereocenters. The van der Waals surface area contributed by atoms with Crippen molar-refractivity contribution in [1.29, 1.82) is 0 Å². The van der Waals surface area contributed by atoms with E-state index in [1.807, 2.05) is 23.1 Å². The van der Waals surface area contributed by atoms with E-state index < -0.39 is 0 Å². The van der Waals surface area contributed by atoms with E-state index in [9.17, 15) is 4.79 Å². The van der Waals surface area contributed by atoms with Gasteiger partial charge in [-0.05, 0) is 31.7 Å². The van der Waals surface area contributed by atoms with Gasteiger partial charge in [-0.25, -0.2) is 0 Å². The number of carbonyl (C=O) groups excluding carboxylic acids is 1. The highest BCUT2D eigenvalue weighted by Gasteiger charge is 2.27. The lowest BCUT2D eigenvalue weighted by Crippen LogP contribution is -2.43. The minimum atomic E-state index is -0.316. The molecule has 0 aromatic heterocycles. The first-order valence-corrected chi connectivity index (χ1v) is 6.31. The number of carbonyl (C=O) groups is 1. The highest BCUT2D eigenvalue weighted by atomic mass is 16.2. The number of amides is 1. The second-order valence-corrected chi connectivity index (χ2v) is 4.72. The summed E-state index contributed by atoms with van der Waals surface area (Å²) < 4.78 is 0. The first-order chi connectivity index (χ1) is 8.20. The van der Waals surface area contributed by atoms with E-state index in [-0.39, 0.29) is 18.0 Å². The van der Waals surface area contributed by atoms with Crippen molar-refractivity contribution >= 4 is 5.91 Å². The van der Waals surface area contributed by atoms with E-state index in [1.165, 1.54) is 5.56 Å². The Bertz CT molecular complexity index is 377. The average molecular weight is 232 g/mol. The Morgan fingerprint density at radius 3 is 2.71 bits per heavy atom. The summed E-state index contributed by atoms with van der Waals surface area (Å²) in [6.45, 7) is 2.90.